The number of carbonyl (C=O) groups excluding carboxylic acids is 1. The summed E-state index contributed by atoms with van der Waals surface area (Å²) in [6.45, 7) is 3.99. The van der Waals surface area contributed by atoms with Crippen molar-refractivity contribution in [3.63, 3.8) is 0 Å². The summed E-state index contributed by atoms with van der Waals surface area (Å²) >= 11 is 0. The smallest absolute Gasteiger partial charge is 0.255 e. The summed E-state index contributed by atoms with van der Waals surface area (Å²) in [6, 6.07) is 9.65. The molecule has 0 aliphatic rings. The van der Waals surface area contributed by atoms with Crippen LogP contribution in [0.1, 0.15) is 13.8 Å². The molecule has 0 saturated carbocycles. The lowest BCUT2D eigenvalue weighted by Crippen LogP contribution is -2.16. The molecule has 0 radical (unpaired) electrons. The Morgan fingerprint density at radius 1 is 1.27 bits per heavy atom. The molecule has 0 unspecified atom stereocenters. The minimum atomic E-state index is 0.0306. The first kappa shape index (κ1) is 15.7. The normalized spacial score (nSPS) is 11.5. The fourth-order valence-corrected chi connectivity index (χ4v) is 1.70. The van der Waals surface area contributed by atoms with Crippen LogP contribution in [0.3, 0.4) is 0 Å². The molecule has 0 amide bonds. The van der Waals surface area contributed by atoms with E-state index in [9.17, 15) is 4.79 Å². The molecule has 0 bridgehead atoms. The Morgan fingerprint density at radius 3 is 2.59 bits per heavy atom. The van der Waals surface area contributed by atoms with Crippen LogP contribution in [0, 0.1) is 0 Å². The third kappa shape index (κ3) is 4.16. The molecule has 2 aromatic rings. The quantitative estimate of drug-likeness (QED) is 0.619. The van der Waals surface area contributed by atoms with Crippen LogP contribution in [0.4, 0.5) is 11.9 Å². The fraction of sp³-hybridized carbons (Fsp3) is 0.267. The maximum absolute atomic E-state index is 10.9. The van der Waals surface area contributed by atoms with Gasteiger partial charge in [0.15, 0.2) is 12.1 Å². The van der Waals surface area contributed by atoms with Crippen LogP contribution in [0.15, 0.2) is 35.3 Å². The highest BCUT2D eigenvalue weighted by atomic mass is 16.1. The fourth-order valence-electron chi connectivity index (χ4n) is 1.70. The van der Waals surface area contributed by atoms with Gasteiger partial charge < -0.3 is 11.1 Å². The number of nitrogens with two attached hydrogens (primary N) is 1. The monoisotopic (exact) mass is 298 g/mol. The molecule has 3 N–H and O–H groups in total. The highest BCUT2D eigenvalue weighted by Crippen LogP contribution is 2.19. The van der Waals surface area contributed by atoms with Crippen molar-refractivity contribution in [1.82, 2.24) is 15.0 Å². The van der Waals surface area contributed by atoms with E-state index in [0.29, 0.717) is 18.1 Å². The molecule has 114 valence electrons. The number of rotatable bonds is 6. The van der Waals surface area contributed by atoms with E-state index in [-0.39, 0.29) is 24.2 Å². The second kappa shape index (κ2) is 7.37. The molecule has 0 aliphatic carbocycles. The molecule has 1 aromatic carbocycles. The number of carbonyl (C=O) groups is 1. The topological polar surface area (TPSA) is 106 Å². The van der Waals surface area contributed by atoms with Crippen molar-refractivity contribution in [2.45, 2.75) is 19.9 Å². The number of anilines is 1. The number of aromatic nitrogens is 3. The number of hydrogen-bond donors (Lipinski definition) is 2. The van der Waals surface area contributed by atoms with Crippen LogP contribution in [-0.4, -0.2) is 39.5 Å². The molecule has 0 aliphatic heterocycles. The molecular formula is C15H18N6O. The van der Waals surface area contributed by atoms with Gasteiger partial charge in [-0.05, 0) is 13.8 Å². The average Bonchev–Trinajstić information content (AvgIpc) is 2.52. The zero-order chi connectivity index (χ0) is 15.9. The summed E-state index contributed by atoms with van der Waals surface area (Å²) in [7, 11) is 0. The molecule has 0 atom stereocenters. The van der Waals surface area contributed by atoms with E-state index in [0.717, 1.165) is 5.56 Å². The second-order valence-electron chi connectivity index (χ2n) is 4.87. The number of aldehydes is 1. The molecular weight excluding hydrogens is 280 g/mol. The van der Waals surface area contributed by atoms with E-state index in [2.05, 4.69) is 25.3 Å². The Bertz CT molecular complexity index is 669. The maximum Gasteiger partial charge on any atom is 0.255 e. The van der Waals surface area contributed by atoms with E-state index in [4.69, 9.17) is 5.73 Å². The zero-order valence-electron chi connectivity index (χ0n) is 12.5. The van der Waals surface area contributed by atoms with E-state index >= 15 is 0 Å². The van der Waals surface area contributed by atoms with Crippen molar-refractivity contribution in [2.75, 3.05) is 11.9 Å². The molecule has 0 saturated heterocycles. The van der Waals surface area contributed by atoms with Crippen LogP contribution in [0.5, 0.6) is 0 Å². The second-order valence-corrected chi connectivity index (χ2v) is 4.87. The van der Waals surface area contributed by atoms with E-state index in [1.165, 1.54) is 0 Å². The van der Waals surface area contributed by atoms with Crippen molar-refractivity contribution in [3.05, 3.63) is 30.3 Å². The largest absolute Gasteiger partial charge is 0.352 e. The minimum Gasteiger partial charge on any atom is -0.352 e. The Morgan fingerprint density at radius 2 is 2.00 bits per heavy atom. The zero-order valence-corrected chi connectivity index (χ0v) is 12.5. The molecule has 2 rings (SSSR count). The first-order valence-corrected chi connectivity index (χ1v) is 6.93. The van der Waals surface area contributed by atoms with Gasteiger partial charge in [0.05, 0.1) is 5.71 Å². The van der Waals surface area contributed by atoms with Gasteiger partial charge in [0.2, 0.25) is 5.95 Å². The van der Waals surface area contributed by atoms with Crippen molar-refractivity contribution >= 4 is 23.9 Å². The summed E-state index contributed by atoms with van der Waals surface area (Å²) in [5.74, 6) is 1.05. The van der Waals surface area contributed by atoms with Gasteiger partial charge in [-0.2, -0.15) is 15.0 Å². The first-order valence-electron chi connectivity index (χ1n) is 6.93. The lowest BCUT2D eigenvalue weighted by Gasteiger charge is -2.10. The maximum atomic E-state index is 10.9. The number of hydrogen-bond acceptors (Lipinski definition) is 7. The van der Waals surface area contributed by atoms with Gasteiger partial charge in [-0.15, -0.1) is 0 Å². The molecule has 1 heterocycles. The van der Waals surface area contributed by atoms with Crippen molar-refractivity contribution in [1.29, 1.82) is 0 Å². The van der Waals surface area contributed by atoms with E-state index < -0.39 is 0 Å². The summed E-state index contributed by atoms with van der Waals surface area (Å²) in [5.41, 5.74) is 6.47. The van der Waals surface area contributed by atoms with Gasteiger partial charge in [-0.3, -0.25) is 4.79 Å². The summed E-state index contributed by atoms with van der Waals surface area (Å²) in [4.78, 5) is 27.8. The van der Waals surface area contributed by atoms with Gasteiger partial charge in [-0.1, -0.05) is 30.3 Å². The molecule has 1 aromatic heterocycles. The van der Waals surface area contributed by atoms with Crippen molar-refractivity contribution in [2.24, 2.45) is 10.7 Å². The number of benzene rings is 1. The lowest BCUT2D eigenvalue weighted by molar-refractivity contribution is -0.102. The molecule has 7 heteroatoms. The van der Waals surface area contributed by atoms with Crippen molar-refractivity contribution < 1.29 is 4.79 Å². The first-order chi connectivity index (χ1) is 10.6. The summed E-state index contributed by atoms with van der Waals surface area (Å²) in [5, 5.41) is 3.11. The standard InChI is InChI=1S/C15H18N6O/c1-10(2)17-14-19-13(11-6-4-3-5-7-11)20-15(21-14)18-12(8-16)9-22/h3-7,9-10H,8,16H2,1-2H3,(H,17,19,20,21). The van der Waals surface area contributed by atoms with Crippen LogP contribution in [-0.2, 0) is 4.79 Å². The highest BCUT2D eigenvalue weighted by Gasteiger charge is 2.09. The van der Waals surface area contributed by atoms with Gasteiger partial charge in [0.25, 0.3) is 5.95 Å². The van der Waals surface area contributed by atoms with Gasteiger partial charge >= 0.3 is 0 Å². The summed E-state index contributed by atoms with van der Waals surface area (Å²) < 4.78 is 0. The Kier molecular flexibility index (Phi) is 5.26. The highest BCUT2D eigenvalue weighted by molar-refractivity contribution is 6.29. The molecule has 22 heavy (non-hydrogen) atoms. The van der Waals surface area contributed by atoms with Crippen LogP contribution < -0.4 is 11.1 Å². The summed E-state index contributed by atoms with van der Waals surface area (Å²) in [6.07, 6.45) is 0.599. The molecule has 0 spiro atoms. The third-order valence-electron chi connectivity index (χ3n) is 2.66. The SMILES string of the molecule is CC(C)Nc1nc(N=C(C=O)CN)nc(-c2ccccc2)n1. The number of aliphatic imine (C=N–C) groups is 1. The third-order valence-corrected chi connectivity index (χ3v) is 2.66. The minimum absolute atomic E-state index is 0.0306. The van der Waals surface area contributed by atoms with E-state index in [1.54, 1.807) is 0 Å². The van der Waals surface area contributed by atoms with Crippen LogP contribution >= 0.6 is 0 Å². The predicted molar refractivity (Wildman–Crippen MR) is 86.2 cm³/mol. The molecule has 0 fully saturated rings. The van der Waals surface area contributed by atoms with Crippen LogP contribution in [0.2, 0.25) is 0 Å². The lowest BCUT2D eigenvalue weighted by atomic mass is 10.2. The van der Waals surface area contributed by atoms with E-state index in [1.807, 2.05) is 44.2 Å². The Balaban J connectivity index is 2.49. The number of nitrogens with one attached hydrogen (secondary N) is 1. The van der Waals surface area contributed by atoms with Crippen LogP contribution in [0.25, 0.3) is 11.4 Å². The van der Waals surface area contributed by atoms with Gasteiger partial charge in [-0.25, -0.2) is 4.99 Å². The van der Waals surface area contributed by atoms with Gasteiger partial charge in [0.1, 0.15) is 0 Å². The molecule has 7 nitrogen and oxygen atoms in total. The van der Waals surface area contributed by atoms with Crippen molar-refractivity contribution in [3.8, 4) is 11.4 Å². The Labute approximate surface area is 128 Å². The Hall–Kier alpha value is -2.67. The predicted octanol–water partition coefficient (Wildman–Crippen LogP) is 1.59. The average molecular weight is 298 g/mol. The number of nitrogens with zero attached hydrogens (tertiary/aromatic N) is 4. The van der Waals surface area contributed by atoms with Gasteiger partial charge in [0, 0.05) is 18.2 Å².